The van der Waals surface area contributed by atoms with Gasteiger partial charge in [-0.2, -0.15) is 0 Å². The first-order valence-electron chi connectivity index (χ1n) is 9.69. The van der Waals surface area contributed by atoms with Crippen LogP contribution in [0.1, 0.15) is 52.7 Å². The Kier molecular flexibility index (Phi) is 4.50. The highest BCUT2D eigenvalue weighted by Crippen LogP contribution is 2.84. The summed E-state index contributed by atoms with van der Waals surface area (Å²) in [5.74, 6) is 0. The molecule has 2 N–H and O–H groups in total. The molecule has 2 nitrogen and oxygen atoms in total. The van der Waals surface area contributed by atoms with E-state index in [1.165, 1.54) is 27.5 Å². The van der Waals surface area contributed by atoms with Gasteiger partial charge < -0.3 is 22.3 Å². The molecule has 0 spiro atoms. The zero-order valence-electron chi connectivity index (χ0n) is 16.5. The van der Waals surface area contributed by atoms with Crippen LogP contribution in [0, 0.1) is 0 Å². The third-order valence-electron chi connectivity index (χ3n) is 6.04. The summed E-state index contributed by atoms with van der Waals surface area (Å²) in [6.45, 7) is 5.96. The lowest BCUT2D eigenvalue weighted by Crippen LogP contribution is -2.27. The minimum absolute atomic E-state index is 0.178. The van der Waals surface area contributed by atoms with E-state index >= 15 is 0 Å². The topological polar surface area (TPSA) is 36.0 Å². The first kappa shape index (κ1) is 19.1. The van der Waals surface area contributed by atoms with Gasteiger partial charge in [-0.3, -0.25) is 0 Å². The smallest absolute Gasteiger partial charge is 0.115 e. The summed E-state index contributed by atoms with van der Waals surface area (Å²) in [5, 5.41) is 15.0. The molecule has 0 saturated heterocycles. The minimum Gasteiger partial charge on any atom is -0.541 e. The fourth-order valence-electron chi connectivity index (χ4n) is 5.46. The molecule has 1 aromatic carbocycles. The lowest BCUT2D eigenvalue weighted by Gasteiger charge is -2.40. The van der Waals surface area contributed by atoms with Gasteiger partial charge in [0.25, 0.3) is 0 Å². The van der Waals surface area contributed by atoms with Gasteiger partial charge in [-0.05, 0) is 88.8 Å². The van der Waals surface area contributed by atoms with E-state index in [4.69, 9.17) is 12.2 Å². The zero-order valence-corrected chi connectivity index (χ0v) is 18.3. The number of rotatable bonds is 3. The van der Waals surface area contributed by atoms with Crippen LogP contribution in [-0.2, 0) is 17.7 Å². The molecule has 1 aromatic heterocycles. The van der Waals surface area contributed by atoms with Crippen LogP contribution in [0.2, 0.25) is 0 Å². The highest BCUT2D eigenvalue weighted by Gasteiger charge is 2.64. The van der Waals surface area contributed by atoms with E-state index in [1.807, 2.05) is 26.1 Å². The van der Waals surface area contributed by atoms with Gasteiger partial charge in [0.1, 0.15) is 5.60 Å². The van der Waals surface area contributed by atoms with Crippen LogP contribution < -0.4 is 5.30 Å². The van der Waals surface area contributed by atoms with Crippen LogP contribution in [0.5, 0.6) is 0 Å². The van der Waals surface area contributed by atoms with E-state index in [0.29, 0.717) is 0 Å². The fourth-order valence-corrected chi connectivity index (χ4v) is 12.2. The van der Waals surface area contributed by atoms with E-state index in [1.54, 1.807) is 0 Å². The number of benzene rings is 1. The second kappa shape index (κ2) is 6.37. The van der Waals surface area contributed by atoms with Gasteiger partial charge in [0.15, 0.2) is 0 Å². The van der Waals surface area contributed by atoms with E-state index in [-0.39, 0.29) is 5.41 Å². The number of nitrogens with one attached hydrogen (secondary N) is 1. The van der Waals surface area contributed by atoms with Crippen molar-refractivity contribution in [2.45, 2.75) is 58.0 Å². The molecule has 0 radical (unpaired) electrons. The molecule has 0 bridgehead atoms. The molecular formula is C23H28NOPS. The van der Waals surface area contributed by atoms with Crippen LogP contribution in [0.3, 0.4) is 0 Å². The Morgan fingerprint density at radius 2 is 1.85 bits per heavy atom. The number of allylic oxidation sites excluding steroid dienone is 3. The highest BCUT2D eigenvalue weighted by molar-refractivity contribution is 8.49. The molecule has 4 heteroatoms. The molecule has 1 unspecified atom stereocenters. The third kappa shape index (κ3) is 2.55. The number of H-pyrrole nitrogens is 1. The summed E-state index contributed by atoms with van der Waals surface area (Å²) >= 11 is 6.62. The number of hydrogen-bond donors (Lipinski definition) is 2. The highest BCUT2D eigenvalue weighted by atomic mass is 32.7. The monoisotopic (exact) mass is 397 g/mol. The van der Waals surface area contributed by atoms with Gasteiger partial charge in [0, 0.05) is 11.9 Å². The number of aromatic nitrogens is 1. The van der Waals surface area contributed by atoms with Gasteiger partial charge in [-0.25, -0.2) is 0 Å². The molecule has 27 heavy (non-hydrogen) atoms. The normalized spacial score (nSPS) is 28.0. The van der Waals surface area contributed by atoms with Crippen molar-refractivity contribution in [2.24, 2.45) is 0 Å². The van der Waals surface area contributed by atoms with Crippen molar-refractivity contribution in [3.05, 3.63) is 76.1 Å². The zero-order chi connectivity index (χ0) is 19.4. The predicted molar refractivity (Wildman–Crippen MR) is 118 cm³/mol. The first-order chi connectivity index (χ1) is 12.7. The molecule has 2 heterocycles. The Morgan fingerprint density at radius 3 is 2.41 bits per heavy atom. The molecule has 1 aliphatic carbocycles. The summed E-state index contributed by atoms with van der Waals surface area (Å²) in [5.41, 5.74) is 2.80. The van der Waals surface area contributed by atoms with Gasteiger partial charge in [0.2, 0.25) is 0 Å². The molecule has 2 atom stereocenters. The summed E-state index contributed by atoms with van der Waals surface area (Å²) in [6.07, 6.45) is 5.22. The van der Waals surface area contributed by atoms with E-state index in [0.717, 1.165) is 24.6 Å². The average Bonchev–Trinajstić information content (AvgIpc) is 3.28. The first-order valence-corrected chi connectivity index (χ1v) is 12.5. The number of fused-ring (bicyclic) bond motifs is 1. The van der Waals surface area contributed by atoms with Crippen molar-refractivity contribution < 1.29 is 5.11 Å². The largest absolute Gasteiger partial charge is 0.541 e. The molecule has 4 rings (SSSR count). The lowest BCUT2D eigenvalue weighted by molar-refractivity contribution is 0.127. The third-order valence-corrected chi connectivity index (χ3v) is 11.7. The Bertz CT molecular complexity index is 919. The van der Waals surface area contributed by atoms with E-state index in [2.05, 4.69) is 55.2 Å². The lowest BCUT2D eigenvalue weighted by atomic mass is 9.76. The van der Waals surface area contributed by atoms with Crippen LogP contribution in [-0.4, -0.2) is 15.7 Å². The molecular weight excluding hydrogens is 369 g/mol. The van der Waals surface area contributed by atoms with Crippen molar-refractivity contribution in [3.63, 3.8) is 0 Å². The van der Waals surface area contributed by atoms with E-state index in [9.17, 15) is 5.11 Å². The number of aliphatic hydroxyl groups is 1. The summed E-state index contributed by atoms with van der Waals surface area (Å²) in [7, 11) is 0. The van der Waals surface area contributed by atoms with Crippen molar-refractivity contribution in [1.29, 1.82) is 0 Å². The minimum atomic E-state index is -2.28. The van der Waals surface area contributed by atoms with Crippen molar-refractivity contribution in [2.75, 3.05) is 0 Å². The molecule has 0 amide bonds. The van der Waals surface area contributed by atoms with Crippen LogP contribution in [0.15, 0.2) is 70.4 Å². The molecule has 2 aliphatic rings. The molecule has 2 aromatic rings. The standard InChI is InChI=1S/C23H28NOPS/c1-16(2)20-23(19-13-9-15-24-19)14-8-12-18(23)21(22(3,4)25)26(20,27)17-10-6-5-7-11-17/h5-7,9-11,13,15,24-25H,8,12,14H2,1-4H3/t23-,26?/m0/s1. The molecule has 1 aliphatic heterocycles. The van der Waals surface area contributed by atoms with E-state index < -0.39 is 12.1 Å². The molecule has 1 fully saturated rings. The Hall–Kier alpha value is -1.28. The van der Waals surface area contributed by atoms with Crippen molar-refractivity contribution >= 4 is 24.0 Å². The Labute approximate surface area is 168 Å². The number of aromatic amines is 1. The van der Waals surface area contributed by atoms with Crippen LogP contribution in [0.4, 0.5) is 0 Å². The summed E-state index contributed by atoms with van der Waals surface area (Å²) in [6, 6.07) is 14.8. The maximum atomic E-state index is 11.3. The second-order valence-electron chi connectivity index (χ2n) is 8.52. The SMILES string of the molecule is CC(C)=C1[C@@]2(c3ccc[nH]3)CCCC2=C(C(C)(C)O)[P+]1([S-])c1ccccc1. The average molecular weight is 398 g/mol. The second-order valence-corrected chi connectivity index (χ2v) is 12.8. The van der Waals surface area contributed by atoms with Crippen LogP contribution >= 0.6 is 6.46 Å². The van der Waals surface area contributed by atoms with Gasteiger partial charge in [0.05, 0.1) is 21.3 Å². The van der Waals surface area contributed by atoms with Gasteiger partial charge in [-0.1, -0.05) is 18.2 Å². The van der Waals surface area contributed by atoms with Crippen molar-refractivity contribution in [3.8, 4) is 0 Å². The predicted octanol–water partition coefficient (Wildman–Crippen LogP) is 5.57. The molecule has 1 saturated carbocycles. The maximum Gasteiger partial charge on any atom is 0.115 e. The maximum absolute atomic E-state index is 11.3. The summed E-state index contributed by atoms with van der Waals surface area (Å²) in [4.78, 5) is 3.51. The fraction of sp³-hybridized carbons (Fsp3) is 0.391. The Balaban J connectivity index is 2.15. The van der Waals surface area contributed by atoms with Gasteiger partial charge in [-0.15, -0.1) is 0 Å². The number of hydrogen-bond acceptors (Lipinski definition) is 2. The van der Waals surface area contributed by atoms with Gasteiger partial charge >= 0.3 is 0 Å². The quantitative estimate of drug-likeness (QED) is 0.524. The van der Waals surface area contributed by atoms with Crippen molar-refractivity contribution in [1.82, 2.24) is 4.98 Å². The van der Waals surface area contributed by atoms with Crippen LogP contribution in [0.25, 0.3) is 0 Å². The Morgan fingerprint density at radius 1 is 1.15 bits per heavy atom. The summed E-state index contributed by atoms with van der Waals surface area (Å²) < 4.78 is 0. The molecule has 142 valence electrons.